The minimum atomic E-state index is -0.692. The number of imide groups is 1. The zero-order valence-corrected chi connectivity index (χ0v) is 26.6. The third-order valence-electron chi connectivity index (χ3n) is 9.29. The molecule has 7 amide bonds. The highest BCUT2D eigenvalue weighted by Gasteiger charge is 2.40. The van der Waals surface area contributed by atoms with Crippen LogP contribution in [0, 0.1) is 0 Å². The Hall–Kier alpha value is -5.33. The summed E-state index contributed by atoms with van der Waals surface area (Å²) in [4.78, 5) is 90.4. The van der Waals surface area contributed by atoms with E-state index in [9.17, 15) is 33.6 Å². The molecule has 4 aliphatic heterocycles. The lowest BCUT2D eigenvalue weighted by molar-refractivity contribution is -0.137. The SMILES string of the molecule is C=C1CCC(N2Cc3ccc(NC(=O)CCCCCCC(=O)Nc4ccc5c(c4)C(=O)N(C4CCC(=O)NC4=O)C5)cc3C2=O)C(=O)N1. The van der Waals surface area contributed by atoms with E-state index in [4.69, 9.17) is 0 Å². The van der Waals surface area contributed by atoms with Crippen LogP contribution in [0.5, 0.6) is 0 Å². The van der Waals surface area contributed by atoms with E-state index < -0.39 is 18.0 Å². The van der Waals surface area contributed by atoms with Crippen LogP contribution >= 0.6 is 0 Å². The van der Waals surface area contributed by atoms with Crippen molar-refractivity contribution in [3.63, 3.8) is 0 Å². The Bertz CT molecular complexity index is 1610. The summed E-state index contributed by atoms with van der Waals surface area (Å²) in [5.41, 5.74) is 4.20. The molecule has 2 saturated heterocycles. The summed E-state index contributed by atoms with van der Waals surface area (Å²) >= 11 is 0. The number of rotatable bonds is 11. The van der Waals surface area contributed by atoms with Gasteiger partial charge in [-0.25, -0.2) is 0 Å². The molecule has 0 radical (unpaired) electrons. The zero-order valence-electron chi connectivity index (χ0n) is 26.6. The molecule has 2 unspecified atom stereocenters. The van der Waals surface area contributed by atoms with Gasteiger partial charge in [0, 0.05) is 60.6 Å². The Morgan fingerprint density at radius 3 is 1.65 bits per heavy atom. The van der Waals surface area contributed by atoms with Crippen molar-refractivity contribution in [3.05, 3.63) is 70.9 Å². The molecule has 4 N–H and O–H groups in total. The highest BCUT2D eigenvalue weighted by atomic mass is 16.2. The highest BCUT2D eigenvalue weighted by molar-refractivity contribution is 6.06. The molecular weight excluding hydrogens is 616 g/mol. The molecule has 2 aromatic rings. The zero-order chi connectivity index (χ0) is 33.9. The van der Waals surface area contributed by atoms with Crippen LogP contribution in [-0.4, -0.2) is 63.2 Å². The Balaban J connectivity index is 0.889. The number of nitrogens with zero attached hydrogens (tertiary/aromatic N) is 2. The number of carbonyl (C=O) groups excluding carboxylic acids is 7. The van der Waals surface area contributed by atoms with Gasteiger partial charge in [0.25, 0.3) is 11.8 Å². The number of piperidine rings is 2. The largest absolute Gasteiger partial charge is 0.329 e. The molecule has 250 valence electrons. The maximum atomic E-state index is 13.1. The molecule has 0 aromatic heterocycles. The second-order valence-corrected chi connectivity index (χ2v) is 12.7. The number of allylic oxidation sites excluding steroid dienone is 1. The van der Waals surface area contributed by atoms with Gasteiger partial charge in [-0.05, 0) is 67.5 Å². The average Bonchev–Trinajstić information content (AvgIpc) is 3.54. The van der Waals surface area contributed by atoms with E-state index in [-0.39, 0.29) is 61.3 Å². The lowest BCUT2D eigenvalue weighted by Gasteiger charge is -2.30. The number of nitrogens with one attached hydrogen (secondary N) is 4. The summed E-state index contributed by atoms with van der Waals surface area (Å²) in [6.07, 6.45) is 5.02. The number of fused-ring (bicyclic) bond motifs is 2. The number of hydrogen-bond acceptors (Lipinski definition) is 7. The maximum Gasteiger partial charge on any atom is 0.255 e. The molecule has 0 aliphatic carbocycles. The first-order valence-electron chi connectivity index (χ1n) is 16.4. The topological polar surface area (TPSA) is 174 Å². The molecule has 0 saturated carbocycles. The molecule has 13 heteroatoms. The second-order valence-electron chi connectivity index (χ2n) is 12.7. The van der Waals surface area contributed by atoms with E-state index in [1.165, 1.54) is 4.90 Å². The van der Waals surface area contributed by atoms with Crippen molar-refractivity contribution in [2.24, 2.45) is 0 Å². The van der Waals surface area contributed by atoms with E-state index in [0.717, 1.165) is 24.0 Å². The molecule has 2 aromatic carbocycles. The van der Waals surface area contributed by atoms with Crippen LogP contribution < -0.4 is 21.3 Å². The Labute approximate surface area is 277 Å². The number of anilines is 2. The van der Waals surface area contributed by atoms with Gasteiger partial charge in [-0.2, -0.15) is 0 Å². The lowest BCUT2D eigenvalue weighted by atomic mass is 10.0. The third kappa shape index (κ3) is 6.99. The van der Waals surface area contributed by atoms with Gasteiger partial charge in [-0.15, -0.1) is 0 Å². The molecule has 0 spiro atoms. The van der Waals surface area contributed by atoms with Crippen molar-refractivity contribution in [1.29, 1.82) is 0 Å². The maximum absolute atomic E-state index is 13.1. The van der Waals surface area contributed by atoms with Gasteiger partial charge in [0.05, 0.1) is 0 Å². The summed E-state index contributed by atoms with van der Waals surface area (Å²) in [5.74, 6) is -1.89. The molecular formula is C35H38N6O7. The molecule has 0 bridgehead atoms. The van der Waals surface area contributed by atoms with E-state index in [1.807, 2.05) is 6.07 Å². The fourth-order valence-corrected chi connectivity index (χ4v) is 6.72. The van der Waals surface area contributed by atoms with Crippen molar-refractivity contribution >= 4 is 52.7 Å². The van der Waals surface area contributed by atoms with Crippen LogP contribution in [0.1, 0.15) is 96.1 Å². The van der Waals surface area contributed by atoms with Crippen LogP contribution in [0.15, 0.2) is 48.7 Å². The summed E-state index contributed by atoms with van der Waals surface area (Å²) in [7, 11) is 0. The minimum Gasteiger partial charge on any atom is -0.329 e. The first kappa shape index (κ1) is 32.6. The number of unbranched alkanes of at least 4 members (excludes halogenated alkanes) is 3. The lowest BCUT2D eigenvalue weighted by Crippen LogP contribution is -2.52. The fourth-order valence-electron chi connectivity index (χ4n) is 6.72. The van der Waals surface area contributed by atoms with Crippen molar-refractivity contribution in [3.8, 4) is 0 Å². The summed E-state index contributed by atoms with van der Waals surface area (Å²) in [6, 6.07) is 9.14. The molecule has 2 fully saturated rings. The number of amides is 7. The van der Waals surface area contributed by atoms with E-state index in [0.29, 0.717) is 66.8 Å². The van der Waals surface area contributed by atoms with Gasteiger partial charge in [0.1, 0.15) is 12.1 Å². The van der Waals surface area contributed by atoms with Crippen molar-refractivity contribution in [2.45, 2.75) is 89.4 Å². The van der Waals surface area contributed by atoms with Gasteiger partial charge in [-0.1, -0.05) is 31.6 Å². The van der Waals surface area contributed by atoms with Crippen molar-refractivity contribution in [2.75, 3.05) is 10.6 Å². The van der Waals surface area contributed by atoms with Gasteiger partial charge < -0.3 is 25.8 Å². The van der Waals surface area contributed by atoms with Crippen LogP contribution in [0.3, 0.4) is 0 Å². The minimum absolute atomic E-state index is 0.164. The van der Waals surface area contributed by atoms with Crippen molar-refractivity contribution in [1.82, 2.24) is 20.4 Å². The average molecular weight is 655 g/mol. The van der Waals surface area contributed by atoms with Crippen molar-refractivity contribution < 1.29 is 33.6 Å². The summed E-state index contributed by atoms with van der Waals surface area (Å²) in [6.45, 7) is 4.42. The summed E-state index contributed by atoms with van der Waals surface area (Å²) in [5, 5.41) is 10.7. The standard InChI is InChI=1S/C35H38N6O7/c1-20-8-13-27(32(45)36-20)40-18-21-9-11-23(16-25(21)34(40)47)37-29(42)6-4-2-3-5-7-30(43)38-24-12-10-22-19-41(35(48)26(22)17-24)28-14-15-31(44)39-33(28)46/h9-12,16-17,27-28H,1-8,13-15,18-19H2,(H,36,45)(H,37,42)(H,38,43)(H,39,44,46). The van der Waals surface area contributed by atoms with E-state index >= 15 is 0 Å². The van der Waals surface area contributed by atoms with Crippen LogP contribution in [0.2, 0.25) is 0 Å². The first-order valence-corrected chi connectivity index (χ1v) is 16.4. The molecule has 4 heterocycles. The molecule has 2 atom stereocenters. The van der Waals surface area contributed by atoms with Crippen LogP contribution in [-0.2, 0) is 37.1 Å². The predicted octanol–water partition coefficient (Wildman–Crippen LogP) is 3.11. The number of hydrogen-bond donors (Lipinski definition) is 4. The van der Waals surface area contributed by atoms with Crippen LogP contribution in [0.25, 0.3) is 0 Å². The van der Waals surface area contributed by atoms with Crippen LogP contribution in [0.4, 0.5) is 11.4 Å². The second kappa shape index (κ2) is 13.8. The quantitative estimate of drug-likeness (QED) is 0.213. The molecule has 48 heavy (non-hydrogen) atoms. The van der Waals surface area contributed by atoms with E-state index in [2.05, 4.69) is 27.8 Å². The Kier molecular flexibility index (Phi) is 9.37. The van der Waals surface area contributed by atoms with E-state index in [1.54, 1.807) is 35.2 Å². The summed E-state index contributed by atoms with van der Waals surface area (Å²) < 4.78 is 0. The third-order valence-corrected chi connectivity index (χ3v) is 9.29. The number of carbonyl (C=O) groups is 7. The normalized spacial score (nSPS) is 20.3. The molecule has 6 rings (SSSR count). The molecule has 13 nitrogen and oxygen atoms in total. The van der Waals surface area contributed by atoms with Gasteiger partial charge in [0.15, 0.2) is 0 Å². The van der Waals surface area contributed by atoms with Gasteiger partial charge >= 0.3 is 0 Å². The number of benzene rings is 2. The highest BCUT2D eigenvalue weighted by Crippen LogP contribution is 2.31. The first-order chi connectivity index (χ1) is 23.1. The Morgan fingerprint density at radius 1 is 0.688 bits per heavy atom. The van der Waals surface area contributed by atoms with Gasteiger partial charge in [0.2, 0.25) is 29.5 Å². The molecule has 4 aliphatic rings. The smallest absolute Gasteiger partial charge is 0.255 e. The monoisotopic (exact) mass is 654 g/mol. The Morgan fingerprint density at radius 2 is 1.17 bits per heavy atom. The predicted molar refractivity (Wildman–Crippen MR) is 174 cm³/mol. The fraction of sp³-hybridized carbons (Fsp3) is 0.400. The van der Waals surface area contributed by atoms with Gasteiger partial charge in [-0.3, -0.25) is 38.9 Å².